The van der Waals surface area contributed by atoms with Gasteiger partial charge in [0, 0.05) is 24.6 Å². The number of carbonyl (C=O) groups is 2. The highest BCUT2D eigenvalue weighted by molar-refractivity contribution is 7.85. The molecule has 8 nitrogen and oxygen atoms in total. The van der Waals surface area contributed by atoms with Crippen LogP contribution in [-0.4, -0.2) is 45.4 Å². The minimum Gasteiger partial charge on any atom is -0.507 e. The molecule has 0 heterocycles. The van der Waals surface area contributed by atoms with Crippen LogP contribution in [0.1, 0.15) is 22.8 Å². The fourth-order valence-electron chi connectivity index (χ4n) is 1.77. The minimum atomic E-state index is -3.63. The van der Waals surface area contributed by atoms with E-state index in [9.17, 15) is 23.1 Å². The predicted octanol–water partition coefficient (Wildman–Crippen LogP) is 0.656. The molecule has 0 bridgehead atoms. The lowest BCUT2D eigenvalue weighted by Crippen LogP contribution is -2.13. The molecule has 9 heteroatoms. The van der Waals surface area contributed by atoms with E-state index in [1.54, 1.807) is 0 Å². The number of methoxy groups -OCH3 is 1. The number of carbonyl (C=O) groups excluding carboxylic acids is 2. The molecule has 22 heavy (non-hydrogen) atoms. The van der Waals surface area contributed by atoms with Crippen LogP contribution in [-0.2, 0) is 30.3 Å². The Kier molecular flexibility index (Phi) is 5.89. The number of esters is 1. The summed E-state index contributed by atoms with van der Waals surface area (Å²) in [5.41, 5.74) is 0.350. The molecule has 0 saturated carbocycles. The maximum atomic E-state index is 11.6. The van der Waals surface area contributed by atoms with Crippen LogP contribution in [0.5, 0.6) is 5.75 Å². The number of hydrogen-bond donors (Lipinski definition) is 2. The van der Waals surface area contributed by atoms with Crippen molar-refractivity contribution in [2.45, 2.75) is 13.3 Å². The summed E-state index contributed by atoms with van der Waals surface area (Å²) in [4.78, 5) is 22.7. The fourth-order valence-corrected chi connectivity index (χ4v) is 2.15. The third-order valence-corrected chi connectivity index (χ3v) is 3.24. The van der Waals surface area contributed by atoms with Gasteiger partial charge in [-0.15, -0.1) is 0 Å². The summed E-state index contributed by atoms with van der Waals surface area (Å²) in [6, 6.07) is 2.72. The first-order valence-corrected chi connectivity index (χ1v) is 8.02. The van der Waals surface area contributed by atoms with Gasteiger partial charge in [0.2, 0.25) is 5.91 Å². The van der Waals surface area contributed by atoms with Crippen LogP contribution < -0.4 is 5.32 Å². The van der Waals surface area contributed by atoms with Gasteiger partial charge in [-0.25, -0.2) is 4.79 Å². The lowest BCUT2D eigenvalue weighted by molar-refractivity contribution is -0.114. The van der Waals surface area contributed by atoms with Crippen molar-refractivity contribution >= 4 is 27.7 Å². The summed E-state index contributed by atoms with van der Waals surface area (Å²) in [6.45, 7) is 1.03. The molecular weight excluding hydrogens is 314 g/mol. The molecule has 1 amide bonds. The molecule has 1 rings (SSSR count). The maximum Gasteiger partial charge on any atom is 0.341 e. The zero-order valence-electron chi connectivity index (χ0n) is 12.4. The summed E-state index contributed by atoms with van der Waals surface area (Å²) >= 11 is 0. The second-order valence-corrected chi connectivity index (χ2v) is 6.08. The third-order valence-electron chi connectivity index (χ3n) is 2.65. The van der Waals surface area contributed by atoms with Gasteiger partial charge in [0.15, 0.2) is 0 Å². The Bertz CT molecular complexity index is 682. The first-order valence-electron chi connectivity index (χ1n) is 6.21. The number of benzene rings is 1. The van der Waals surface area contributed by atoms with Crippen molar-refractivity contribution in [3.05, 3.63) is 23.3 Å². The van der Waals surface area contributed by atoms with Crippen LogP contribution in [0.4, 0.5) is 5.69 Å². The fraction of sp³-hybridized carbons (Fsp3) is 0.385. The molecule has 2 N–H and O–H groups in total. The van der Waals surface area contributed by atoms with Crippen LogP contribution in [0, 0.1) is 0 Å². The number of aromatic hydroxyl groups is 1. The zero-order valence-corrected chi connectivity index (χ0v) is 13.2. The smallest absolute Gasteiger partial charge is 0.341 e. The van der Waals surface area contributed by atoms with Gasteiger partial charge < -0.3 is 15.2 Å². The molecular formula is C13H17NO7S. The van der Waals surface area contributed by atoms with Crippen LogP contribution in [0.2, 0.25) is 0 Å². The van der Waals surface area contributed by atoms with Gasteiger partial charge >= 0.3 is 5.97 Å². The van der Waals surface area contributed by atoms with E-state index in [4.69, 9.17) is 0 Å². The number of hydrogen-bond acceptors (Lipinski definition) is 7. The Labute approximate surface area is 128 Å². The molecule has 1 aromatic rings. The normalized spacial score (nSPS) is 11.0. The van der Waals surface area contributed by atoms with Crippen LogP contribution in [0.25, 0.3) is 0 Å². The zero-order chi connectivity index (χ0) is 16.9. The van der Waals surface area contributed by atoms with Crippen molar-refractivity contribution in [2.24, 2.45) is 0 Å². The summed E-state index contributed by atoms with van der Waals surface area (Å²) < 4.78 is 31.1. The number of phenolic OH excluding ortho intramolecular Hbond substituents is 1. The second kappa shape index (κ2) is 7.23. The standard InChI is InChI=1S/C13H17NO7S/c1-8(15)14-11-5-4-10(13(17)20-2)12(16)9(11)6-7-21-22(3,18)19/h4-5,16H,6-7H2,1-3H3,(H,14,15). The van der Waals surface area contributed by atoms with E-state index in [1.165, 1.54) is 19.1 Å². The highest BCUT2D eigenvalue weighted by Gasteiger charge is 2.19. The quantitative estimate of drug-likeness (QED) is 0.580. The van der Waals surface area contributed by atoms with E-state index in [2.05, 4.69) is 14.2 Å². The first-order chi connectivity index (χ1) is 10.2. The Morgan fingerprint density at radius 3 is 2.45 bits per heavy atom. The van der Waals surface area contributed by atoms with Gasteiger partial charge in [-0.05, 0) is 12.1 Å². The molecule has 0 atom stereocenters. The lowest BCUT2D eigenvalue weighted by atomic mass is 10.0. The molecule has 0 aromatic heterocycles. The molecule has 0 saturated heterocycles. The molecule has 0 aliphatic rings. The number of rotatable bonds is 6. The van der Waals surface area contributed by atoms with E-state index in [0.29, 0.717) is 0 Å². The molecule has 0 fully saturated rings. The van der Waals surface area contributed by atoms with Gasteiger partial charge in [0.1, 0.15) is 11.3 Å². The van der Waals surface area contributed by atoms with Crippen molar-refractivity contribution < 1.29 is 32.0 Å². The Hall–Kier alpha value is -2.13. The van der Waals surface area contributed by atoms with Crippen LogP contribution in [0.15, 0.2) is 12.1 Å². The molecule has 0 aliphatic carbocycles. The van der Waals surface area contributed by atoms with Gasteiger partial charge in [-0.1, -0.05) is 0 Å². The van der Waals surface area contributed by atoms with Crippen molar-refractivity contribution in [3.63, 3.8) is 0 Å². The lowest BCUT2D eigenvalue weighted by Gasteiger charge is -2.14. The highest BCUT2D eigenvalue weighted by Crippen LogP contribution is 2.31. The first kappa shape index (κ1) is 17.9. The second-order valence-electron chi connectivity index (χ2n) is 4.44. The number of phenols is 1. The number of anilines is 1. The Morgan fingerprint density at radius 1 is 1.32 bits per heavy atom. The average Bonchev–Trinajstić information content (AvgIpc) is 2.39. The largest absolute Gasteiger partial charge is 0.507 e. The number of ether oxygens (including phenoxy) is 1. The van der Waals surface area contributed by atoms with Crippen molar-refractivity contribution in [1.29, 1.82) is 0 Å². The van der Waals surface area contributed by atoms with Crippen molar-refractivity contribution in [3.8, 4) is 5.75 Å². The molecule has 122 valence electrons. The number of amides is 1. The highest BCUT2D eigenvalue weighted by atomic mass is 32.2. The topological polar surface area (TPSA) is 119 Å². The summed E-state index contributed by atoms with van der Waals surface area (Å²) in [7, 11) is -2.47. The van der Waals surface area contributed by atoms with E-state index in [-0.39, 0.29) is 35.7 Å². The average molecular weight is 331 g/mol. The van der Waals surface area contributed by atoms with Crippen LogP contribution >= 0.6 is 0 Å². The molecule has 0 spiro atoms. The third kappa shape index (κ3) is 5.01. The van der Waals surface area contributed by atoms with E-state index in [1.807, 2.05) is 0 Å². The van der Waals surface area contributed by atoms with E-state index in [0.717, 1.165) is 13.4 Å². The maximum absolute atomic E-state index is 11.6. The van der Waals surface area contributed by atoms with E-state index < -0.39 is 21.8 Å². The minimum absolute atomic E-state index is 0.0284. The van der Waals surface area contributed by atoms with Crippen molar-refractivity contribution in [2.75, 3.05) is 25.3 Å². The molecule has 1 aromatic carbocycles. The molecule has 0 aliphatic heterocycles. The van der Waals surface area contributed by atoms with Gasteiger partial charge in [0.25, 0.3) is 10.1 Å². The van der Waals surface area contributed by atoms with Gasteiger partial charge in [-0.2, -0.15) is 8.42 Å². The number of nitrogens with one attached hydrogen (secondary N) is 1. The summed E-state index contributed by atoms with van der Waals surface area (Å²) in [5.74, 6) is -1.53. The van der Waals surface area contributed by atoms with Crippen LogP contribution in [0.3, 0.4) is 0 Å². The molecule has 0 unspecified atom stereocenters. The Balaban J connectivity index is 3.16. The van der Waals surface area contributed by atoms with E-state index >= 15 is 0 Å². The van der Waals surface area contributed by atoms with Crippen molar-refractivity contribution in [1.82, 2.24) is 0 Å². The predicted molar refractivity (Wildman–Crippen MR) is 78.2 cm³/mol. The van der Waals surface area contributed by atoms with Gasteiger partial charge in [-0.3, -0.25) is 8.98 Å². The monoisotopic (exact) mass is 331 g/mol. The molecule has 0 radical (unpaired) electrons. The van der Waals surface area contributed by atoms with Gasteiger partial charge in [0.05, 0.1) is 20.0 Å². The SMILES string of the molecule is COC(=O)c1ccc(NC(C)=O)c(CCOS(C)(=O)=O)c1O. The summed E-state index contributed by atoms with van der Waals surface area (Å²) in [5, 5.41) is 12.6. The summed E-state index contributed by atoms with van der Waals surface area (Å²) in [6.07, 6.45) is 0.867. The Morgan fingerprint density at radius 2 is 1.95 bits per heavy atom.